The summed E-state index contributed by atoms with van der Waals surface area (Å²) in [5, 5.41) is 13.7. The lowest BCUT2D eigenvalue weighted by Crippen LogP contribution is -2.29. The summed E-state index contributed by atoms with van der Waals surface area (Å²) in [6.45, 7) is 2.00. The normalized spacial score (nSPS) is 13.3. The first-order valence-electron chi connectivity index (χ1n) is 10.1. The highest BCUT2D eigenvalue weighted by atomic mass is 35.5. The molecular formula is C24H21ClFN3O2S. The first kappa shape index (κ1) is 22.3. The molecule has 2 aromatic carbocycles. The number of benzene rings is 2. The number of hydrogen-bond donors (Lipinski definition) is 1. The van der Waals surface area contributed by atoms with Gasteiger partial charge in [0.25, 0.3) is 0 Å². The molecule has 0 unspecified atom stereocenters. The number of methoxy groups -OCH3 is 1. The van der Waals surface area contributed by atoms with Crippen LogP contribution in [-0.4, -0.2) is 24.5 Å². The van der Waals surface area contributed by atoms with Gasteiger partial charge in [0.2, 0.25) is 5.91 Å². The first-order valence-corrected chi connectivity index (χ1v) is 11.3. The van der Waals surface area contributed by atoms with Crippen LogP contribution in [0.5, 0.6) is 5.75 Å². The van der Waals surface area contributed by atoms with Gasteiger partial charge >= 0.3 is 0 Å². The van der Waals surface area contributed by atoms with E-state index in [1.54, 1.807) is 31.4 Å². The number of carbonyl (C=O) groups is 1. The Bertz CT molecular complexity index is 1200. The summed E-state index contributed by atoms with van der Waals surface area (Å²) in [4.78, 5) is 16.0. The van der Waals surface area contributed by atoms with Gasteiger partial charge in [-0.05, 0) is 47.9 Å². The molecule has 4 rings (SSSR count). The van der Waals surface area contributed by atoms with Crippen molar-refractivity contribution in [2.45, 2.75) is 25.9 Å². The number of carbonyl (C=O) groups excluding carboxylic acids is 1. The Morgan fingerprint density at radius 2 is 2.19 bits per heavy atom. The molecule has 0 bridgehead atoms. The van der Waals surface area contributed by atoms with Gasteiger partial charge in [-0.15, -0.1) is 11.3 Å². The average molecular weight is 470 g/mol. The summed E-state index contributed by atoms with van der Waals surface area (Å²) in [7, 11) is 1.56. The summed E-state index contributed by atoms with van der Waals surface area (Å²) in [6.07, 6.45) is 0.858. The Balaban J connectivity index is 1.48. The molecule has 1 aliphatic heterocycles. The van der Waals surface area contributed by atoms with E-state index >= 15 is 0 Å². The summed E-state index contributed by atoms with van der Waals surface area (Å²) in [5.74, 6) is 0.126. The lowest BCUT2D eigenvalue weighted by Gasteiger charge is -2.27. The number of nitrogens with zero attached hydrogens (tertiary/aromatic N) is 2. The Hall–Kier alpha value is -2.92. The Morgan fingerprint density at radius 1 is 1.34 bits per heavy atom. The molecule has 8 heteroatoms. The van der Waals surface area contributed by atoms with Gasteiger partial charge in [0.1, 0.15) is 22.6 Å². The van der Waals surface area contributed by atoms with Gasteiger partial charge in [0.05, 0.1) is 19.1 Å². The number of hydrogen-bond acceptors (Lipinski definition) is 5. The molecule has 1 N–H and O–H groups in total. The third-order valence-corrected chi connectivity index (χ3v) is 6.97. The third kappa shape index (κ3) is 4.94. The average Bonchev–Trinajstić information content (AvgIpc) is 3.11. The van der Waals surface area contributed by atoms with E-state index < -0.39 is 0 Å². The molecule has 0 spiro atoms. The molecule has 1 aromatic heterocycles. The zero-order valence-electron chi connectivity index (χ0n) is 17.5. The van der Waals surface area contributed by atoms with E-state index in [4.69, 9.17) is 16.3 Å². The summed E-state index contributed by atoms with van der Waals surface area (Å²) < 4.78 is 18.7. The second-order valence-corrected chi connectivity index (χ2v) is 9.10. The number of fused-ring (bicyclic) bond motifs is 1. The van der Waals surface area contributed by atoms with Crippen molar-refractivity contribution in [3.8, 4) is 11.8 Å². The molecule has 32 heavy (non-hydrogen) atoms. The number of nitrogens with one attached hydrogen (secondary N) is 1. The number of nitriles is 1. The molecular weight excluding hydrogens is 449 g/mol. The second-order valence-electron chi connectivity index (χ2n) is 7.59. The highest BCUT2D eigenvalue weighted by Crippen LogP contribution is 2.37. The van der Waals surface area contributed by atoms with Crippen molar-refractivity contribution in [2.24, 2.45) is 0 Å². The Labute approximate surface area is 195 Å². The van der Waals surface area contributed by atoms with Crippen LogP contribution < -0.4 is 10.1 Å². The van der Waals surface area contributed by atoms with Crippen LogP contribution in [0.4, 0.5) is 9.39 Å². The Morgan fingerprint density at radius 3 is 2.94 bits per heavy atom. The SMILES string of the molecule is COc1ccc(Cl)c(CC(=O)Nc2sc3c(c2C#N)CN(Cc2cccc(F)c2)CC3)c1. The minimum Gasteiger partial charge on any atom is -0.497 e. The largest absolute Gasteiger partial charge is 0.497 e. The van der Waals surface area contributed by atoms with E-state index in [-0.39, 0.29) is 18.1 Å². The lowest BCUT2D eigenvalue weighted by atomic mass is 10.0. The summed E-state index contributed by atoms with van der Waals surface area (Å²) in [5.41, 5.74) is 2.99. The number of thiophene rings is 1. The quantitative estimate of drug-likeness (QED) is 0.541. The molecule has 5 nitrogen and oxygen atoms in total. The number of halogens is 2. The van der Waals surface area contributed by atoms with E-state index in [0.717, 1.165) is 29.0 Å². The number of ether oxygens (including phenoxy) is 1. The zero-order valence-corrected chi connectivity index (χ0v) is 19.0. The maximum atomic E-state index is 13.5. The molecule has 0 radical (unpaired) electrons. The van der Waals surface area contributed by atoms with E-state index in [1.165, 1.54) is 23.5 Å². The molecule has 3 aromatic rings. The maximum Gasteiger partial charge on any atom is 0.229 e. The lowest BCUT2D eigenvalue weighted by molar-refractivity contribution is -0.115. The molecule has 1 aliphatic rings. The van der Waals surface area contributed by atoms with Gasteiger partial charge in [0, 0.05) is 35.1 Å². The third-order valence-electron chi connectivity index (χ3n) is 5.39. The van der Waals surface area contributed by atoms with E-state index in [9.17, 15) is 14.4 Å². The zero-order chi connectivity index (χ0) is 22.7. The number of amides is 1. The molecule has 0 saturated heterocycles. The fourth-order valence-electron chi connectivity index (χ4n) is 3.84. The van der Waals surface area contributed by atoms with Gasteiger partial charge in [-0.3, -0.25) is 9.69 Å². The molecule has 0 fully saturated rings. The van der Waals surface area contributed by atoms with E-state index in [1.807, 2.05) is 6.07 Å². The maximum absolute atomic E-state index is 13.5. The van der Waals surface area contributed by atoms with E-state index in [2.05, 4.69) is 16.3 Å². The topological polar surface area (TPSA) is 65.4 Å². The Kier molecular flexibility index (Phi) is 6.75. The van der Waals surface area contributed by atoms with Crippen molar-refractivity contribution in [1.29, 1.82) is 5.26 Å². The van der Waals surface area contributed by atoms with Gasteiger partial charge in [-0.25, -0.2) is 4.39 Å². The van der Waals surface area contributed by atoms with Crippen LogP contribution in [0.3, 0.4) is 0 Å². The minimum atomic E-state index is -0.255. The van der Waals surface area contributed by atoms with Crippen LogP contribution in [0, 0.1) is 17.1 Å². The standard InChI is InChI=1S/C24H21ClFN3O2S/c1-31-18-5-6-21(25)16(10-18)11-23(30)28-24-19(12-27)20-14-29(8-7-22(20)32-24)13-15-3-2-4-17(26)9-15/h2-6,9-10H,7-8,11,13-14H2,1H3,(H,28,30). The van der Waals surface area contributed by atoms with Crippen LogP contribution in [0.15, 0.2) is 42.5 Å². The summed E-state index contributed by atoms with van der Waals surface area (Å²) >= 11 is 7.67. The molecule has 1 amide bonds. The van der Waals surface area contributed by atoms with Crippen molar-refractivity contribution in [1.82, 2.24) is 4.90 Å². The van der Waals surface area contributed by atoms with Crippen LogP contribution >= 0.6 is 22.9 Å². The smallest absolute Gasteiger partial charge is 0.229 e. The number of rotatable bonds is 6. The van der Waals surface area contributed by atoms with Gasteiger partial charge in [-0.1, -0.05) is 23.7 Å². The molecule has 0 saturated carbocycles. The minimum absolute atomic E-state index is 0.0785. The first-order chi connectivity index (χ1) is 15.5. The highest BCUT2D eigenvalue weighted by Gasteiger charge is 2.25. The fourth-order valence-corrected chi connectivity index (χ4v) is 5.19. The molecule has 0 aliphatic carbocycles. The van der Waals surface area contributed by atoms with Crippen LogP contribution in [-0.2, 0) is 30.7 Å². The van der Waals surface area contributed by atoms with Gasteiger partial charge < -0.3 is 10.1 Å². The van der Waals surface area contributed by atoms with Crippen molar-refractivity contribution in [2.75, 3.05) is 19.0 Å². The van der Waals surface area contributed by atoms with Crippen molar-refractivity contribution in [3.05, 3.63) is 80.4 Å². The highest BCUT2D eigenvalue weighted by molar-refractivity contribution is 7.16. The van der Waals surface area contributed by atoms with Gasteiger partial charge in [-0.2, -0.15) is 5.26 Å². The van der Waals surface area contributed by atoms with Crippen LogP contribution in [0.25, 0.3) is 0 Å². The van der Waals surface area contributed by atoms with Crippen molar-refractivity contribution >= 4 is 33.8 Å². The molecule has 164 valence electrons. The predicted octanol–water partition coefficient (Wildman–Crippen LogP) is 5.16. The van der Waals surface area contributed by atoms with Crippen LogP contribution in [0.1, 0.15) is 27.1 Å². The fraction of sp³-hybridized carbons (Fsp3) is 0.250. The summed E-state index contributed by atoms with van der Waals surface area (Å²) in [6, 6.07) is 14.0. The van der Waals surface area contributed by atoms with Crippen molar-refractivity contribution in [3.63, 3.8) is 0 Å². The monoisotopic (exact) mass is 469 g/mol. The second kappa shape index (κ2) is 9.70. The molecule has 2 heterocycles. The number of anilines is 1. The van der Waals surface area contributed by atoms with Gasteiger partial charge in [0.15, 0.2) is 0 Å². The van der Waals surface area contributed by atoms with Crippen molar-refractivity contribution < 1.29 is 13.9 Å². The predicted molar refractivity (Wildman–Crippen MR) is 124 cm³/mol. The van der Waals surface area contributed by atoms with E-state index in [0.29, 0.717) is 40.0 Å². The van der Waals surface area contributed by atoms with Crippen LogP contribution in [0.2, 0.25) is 5.02 Å². The molecule has 0 atom stereocenters.